The molecule has 4 aromatic rings. The van der Waals surface area contributed by atoms with Crippen molar-refractivity contribution in [2.45, 2.75) is 0 Å². The summed E-state index contributed by atoms with van der Waals surface area (Å²) in [5, 5.41) is 13.5. The summed E-state index contributed by atoms with van der Waals surface area (Å²) in [6, 6.07) is 22.3. The van der Waals surface area contributed by atoms with Gasteiger partial charge in [-0.1, -0.05) is 6.07 Å². The molecule has 0 unspecified atom stereocenters. The molecule has 22 heavy (non-hydrogen) atoms. The van der Waals surface area contributed by atoms with E-state index in [9.17, 15) is 0 Å². The average Bonchev–Trinajstić information content (AvgIpc) is 3.29. The molecule has 7 heteroatoms. The van der Waals surface area contributed by atoms with Gasteiger partial charge in [0.15, 0.2) is 0 Å². The number of benzene rings is 1. The zero-order valence-corrected chi connectivity index (χ0v) is 15.4. The van der Waals surface area contributed by atoms with Crippen molar-refractivity contribution >= 4 is 27.8 Å². The molecule has 0 radical (unpaired) electrons. The van der Waals surface area contributed by atoms with Crippen LogP contribution in [0.1, 0.15) is 0 Å². The Morgan fingerprint density at radius 2 is 1.77 bits per heavy atom. The van der Waals surface area contributed by atoms with E-state index >= 15 is 0 Å². The Kier molecular flexibility index (Phi) is 7.51. The van der Waals surface area contributed by atoms with Crippen molar-refractivity contribution in [2.24, 2.45) is 0 Å². The van der Waals surface area contributed by atoms with Crippen LogP contribution in [0.25, 0.3) is 16.5 Å². The molecule has 0 aliphatic rings. The summed E-state index contributed by atoms with van der Waals surface area (Å²) in [6.07, 6.45) is 1.59. The molecule has 0 saturated heterocycles. The summed E-state index contributed by atoms with van der Waals surface area (Å²) in [5.74, 6) is 0. The van der Waals surface area contributed by atoms with Gasteiger partial charge in [0.1, 0.15) is 6.33 Å². The maximum absolute atomic E-state index is 4.93. The van der Waals surface area contributed by atoms with Gasteiger partial charge >= 0.3 is 37.9 Å². The minimum Gasteiger partial charge on any atom is -0.220 e. The predicted molar refractivity (Wildman–Crippen MR) is 86.0 cm³/mol. The topological polar surface area (TPSA) is 43.6 Å². The molecule has 0 fully saturated rings. The molecule has 0 spiro atoms. The zero-order valence-electron chi connectivity index (χ0n) is 11.5. The van der Waals surface area contributed by atoms with E-state index in [4.69, 9.17) is 17.0 Å². The molecule has 110 valence electrons. The van der Waals surface area contributed by atoms with E-state index in [1.807, 2.05) is 42.5 Å². The third-order valence-electron chi connectivity index (χ3n) is 2.77. The molecular weight excluding hydrogens is 398 g/mol. The molecule has 0 aliphatic carbocycles. The molecule has 4 nitrogen and oxygen atoms in total. The molecular formula is C15H12Cl2N4Zr. The molecule has 0 N–H and O–H groups in total. The van der Waals surface area contributed by atoms with E-state index in [0.717, 1.165) is 5.69 Å². The summed E-state index contributed by atoms with van der Waals surface area (Å²) in [6.45, 7) is 0. The number of hydrogen-bond donors (Lipinski definition) is 0. The molecule has 0 amide bonds. The van der Waals surface area contributed by atoms with Crippen LogP contribution in [0.2, 0.25) is 0 Å². The fourth-order valence-electron chi connectivity index (χ4n) is 1.87. The van der Waals surface area contributed by atoms with Gasteiger partial charge in [0.2, 0.25) is 0 Å². The Balaban J connectivity index is 0.000000184. The first-order valence-electron chi connectivity index (χ1n) is 6.37. The number of fused-ring (bicyclic) bond motifs is 1. The molecule has 0 saturated carbocycles. The first-order chi connectivity index (χ1) is 10.8. The number of rotatable bonds is 1. The molecule has 0 aliphatic heterocycles. The van der Waals surface area contributed by atoms with Crippen LogP contribution in [-0.2, 0) is 20.8 Å². The Bertz CT molecular complexity index is 701. The van der Waals surface area contributed by atoms with Crippen LogP contribution >= 0.6 is 17.0 Å². The van der Waals surface area contributed by atoms with E-state index in [1.165, 1.54) is 10.8 Å². The second kappa shape index (κ2) is 9.67. The van der Waals surface area contributed by atoms with Gasteiger partial charge in [-0.05, 0) is 16.1 Å². The molecule has 4 rings (SSSR count). The van der Waals surface area contributed by atoms with Crippen LogP contribution in [0.3, 0.4) is 0 Å². The van der Waals surface area contributed by atoms with Crippen LogP contribution in [0.4, 0.5) is 0 Å². The summed E-state index contributed by atoms with van der Waals surface area (Å²) in [7, 11) is 9.87. The van der Waals surface area contributed by atoms with E-state index in [-0.39, 0.29) is 0 Å². The van der Waals surface area contributed by atoms with Gasteiger partial charge in [-0.3, -0.25) is 0 Å². The number of hydrogen-bond acceptors (Lipinski definition) is 3. The van der Waals surface area contributed by atoms with Gasteiger partial charge in [0.25, 0.3) is 0 Å². The zero-order chi connectivity index (χ0) is 15.6. The molecule has 0 bridgehead atoms. The number of tetrazole rings is 1. The summed E-state index contributed by atoms with van der Waals surface area (Å²) < 4.78 is 1.65. The Morgan fingerprint density at radius 1 is 1.05 bits per heavy atom. The van der Waals surface area contributed by atoms with Crippen molar-refractivity contribution in [3.05, 3.63) is 73.1 Å². The van der Waals surface area contributed by atoms with E-state index in [1.54, 1.807) is 11.0 Å². The second-order valence-electron chi connectivity index (χ2n) is 4.13. The van der Waals surface area contributed by atoms with Gasteiger partial charge in [-0.25, -0.2) is 16.8 Å². The van der Waals surface area contributed by atoms with Crippen molar-refractivity contribution in [3.63, 3.8) is 0 Å². The first kappa shape index (κ1) is 17.1. The van der Waals surface area contributed by atoms with Crippen molar-refractivity contribution in [3.8, 4) is 5.69 Å². The normalized spacial score (nSPS) is 9.18. The van der Waals surface area contributed by atoms with E-state index in [2.05, 4.69) is 39.8 Å². The van der Waals surface area contributed by atoms with Crippen LogP contribution in [0.15, 0.2) is 73.1 Å². The summed E-state index contributed by atoms with van der Waals surface area (Å²) >= 11 is -0.826. The van der Waals surface area contributed by atoms with E-state index in [0.29, 0.717) is 0 Å². The quantitative estimate of drug-likeness (QED) is 0.439. The van der Waals surface area contributed by atoms with Crippen LogP contribution in [-0.4, -0.2) is 20.2 Å². The standard InChI is InChI=1S/C10H7N4.C5H5.2ClH.Zr/c1-2-4-9-6-10(5-8(9)3-1)14-7-11-12-13-14;1-2-4-5-3-1;;;/h1-7H;1-5H;2*1H;/q2*-1;;;+4/p-2. The third-order valence-corrected chi connectivity index (χ3v) is 2.77. The first-order valence-corrected chi connectivity index (χ1v) is 12.7. The Morgan fingerprint density at radius 3 is 2.32 bits per heavy atom. The number of nitrogens with zero attached hydrogens (tertiary/aromatic N) is 4. The van der Waals surface area contributed by atoms with E-state index < -0.39 is 20.8 Å². The SMILES string of the molecule is [Cl][Zr+2][Cl].c1cc[cH-]c1.c1ccc2[cH-]c(-n3cnnn3)cc2c1. The molecule has 1 aromatic heterocycles. The van der Waals surface area contributed by atoms with Gasteiger partial charge < -0.3 is 0 Å². The monoisotopic (exact) mass is 408 g/mol. The summed E-state index contributed by atoms with van der Waals surface area (Å²) in [4.78, 5) is 0. The minimum absolute atomic E-state index is 0.826. The number of aromatic nitrogens is 4. The fraction of sp³-hybridized carbons (Fsp3) is 0. The Hall–Kier alpha value is -1.29. The van der Waals surface area contributed by atoms with Crippen molar-refractivity contribution in [1.29, 1.82) is 0 Å². The van der Waals surface area contributed by atoms with Gasteiger partial charge in [0.05, 0.1) is 0 Å². The molecule has 3 aromatic carbocycles. The third kappa shape index (κ3) is 5.17. The maximum Gasteiger partial charge on any atom is 0.141 e. The summed E-state index contributed by atoms with van der Waals surface area (Å²) in [5.41, 5.74) is 0.996. The molecule has 0 atom stereocenters. The van der Waals surface area contributed by atoms with Crippen molar-refractivity contribution in [2.75, 3.05) is 0 Å². The largest absolute Gasteiger partial charge is 0.220 e. The minimum atomic E-state index is -0.826. The maximum atomic E-state index is 4.93. The van der Waals surface area contributed by atoms with Crippen molar-refractivity contribution in [1.82, 2.24) is 20.2 Å². The van der Waals surface area contributed by atoms with Crippen LogP contribution < -0.4 is 0 Å². The predicted octanol–water partition coefficient (Wildman–Crippen LogP) is 4.32. The smallest absolute Gasteiger partial charge is 0.141 e. The van der Waals surface area contributed by atoms with Gasteiger partial charge in [0, 0.05) is 0 Å². The molecule has 1 heterocycles. The average molecular weight is 410 g/mol. The number of halogens is 2. The fourth-order valence-corrected chi connectivity index (χ4v) is 1.87. The van der Waals surface area contributed by atoms with Crippen LogP contribution in [0.5, 0.6) is 0 Å². The second-order valence-corrected chi connectivity index (χ2v) is 7.86. The van der Waals surface area contributed by atoms with Gasteiger partial charge in [-0.2, -0.15) is 18.2 Å². The van der Waals surface area contributed by atoms with Crippen LogP contribution in [0, 0.1) is 0 Å². The van der Waals surface area contributed by atoms with Gasteiger partial charge in [-0.15, -0.1) is 46.2 Å². The Labute approximate surface area is 147 Å². The van der Waals surface area contributed by atoms with Crippen molar-refractivity contribution < 1.29 is 20.8 Å².